The van der Waals surface area contributed by atoms with Gasteiger partial charge in [0.05, 0.1) is 10.5 Å². The molecule has 110 valence electrons. The maximum atomic E-state index is 12.3. The van der Waals surface area contributed by atoms with E-state index in [-0.39, 0.29) is 10.5 Å². The number of sulfonamides is 1. The van der Waals surface area contributed by atoms with Gasteiger partial charge in [-0.2, -0.15) is 0 Å². The third-order valence-electron chi connectivity index (χ3n) is 3.77. The SMILES string of the molecule is CCc1ccc(C(=O)O)cc1S(=O)(=O)NCC1CCC1. The Bertz CT molecular complexity index is 606. The van der Waals surface area contributed by atoms with E-state index in [1.807, 2.05) is 6.92 Å². The molecule has 0 amide bonds. The van der Waals surface area contributed by atoms with Crippen LogP contribution >= 0.6 is 0 Å². The Labute approximate surface area is 119 Å². The summed E-state index contributed by atoms with van der Waals surface area (Å²) in [5, 5.41) is 8.99. The van der Waals surface area contributed by atoms with Crippen LogP contribution in [-0.2, 0) is 16.4 Å². The highest BCUT2D eigenvalue weighted by atomic mass is 32.2. The predicted molar refractivity (Wildman–Crippen MR) is 75.3 cm³/mol. The number of carboxylic acids is 1. The molecule has 0 aromatic heterocycles. The molecule has 0 spiro atoms. The maximum absolute atomic E-state index is 12.3. The fourth-order valence-corrected chi connectivity index (χ4v) is 3.68. The molecule has 1 aliphatic rings. The van der Waals surface area contributed by atoms with E-state index in [1.165, 1.54) is 12.1 Å². The van der Waals surface area contributed by atoms with Gasteiger partial charge in [0.25, 0.3) is 0 Å². The van der Waals surface area contributed by atoms with E-state index in [0.717, 1.165) is 19.3 Å². The molecule has 2 N–H and O–H groups in total. The van der Waals surface area contributed by atoms with E-state index >= 15 is 0 Å². The first kappa shape index (κ1) is 15.0. The normalized spacial score (nSPS) is 15.8. The summed E-state index contributed by atoms with van der Waals surface area (Å²) in [5.74, 6) is -0.708. The van der Waals surface area contributed by atoms with Crippen LogP contribution < -0.4 is 4.72 Å². The number of carboxylic acid groups (broad SMARTS) is 1. The van der Waals surface area contributed by atoms with Crippen LogP contribution in [0.2, 0.25) is 0 Å². The lowest BCUT2D eigenvalue weighted by atomic mass is 9.86. The minimum absolute atomic E-state index is 0.00813. The average molecular weight is 297 g/mol. The zero-order valence-corrected chi connectivity index (χ0v) is 12.2. The van der Waals surface area contributed by atoms with E-state index in [9.17, 15) is 13.2 Å². The smallest absolute Gasteiger partial charge is 0.335 e. The summed E-state index contributed by atoms with van der Waals surface area (Å²) < 4.78 is 27.3. The molecule has 1 aromatic rings. The Morgan fingerprint density at radius 2 is 2.10 bits per heavy atom. The van der Waals surface area contributed by atoms with Crippen LogP contribution in [-0.4, -0.2) is 26.0 Å². The highest BCUT2D eigenvalue weighted by Gasteiger charge is 2.23. The molecule has 0 saturated heterocycles. The van der Waals surface area contributed by atoms with Gasteiger partial charge in [0.1, 0.15) is 0 Å². The zero-order chi connectivity index (χ0) is 14.8. The van der Waals surface area contributed by atoms with Gasteiger partial charge in [0.15, 0.2) is 0 Å². The topological polar surface area (TPSA) is 83.5 Å². The van der Waals surface area contributed by atoms with Gasteiger partial charge in [0, 0.05) is 6.54 Å². The van der Waals surface area contributed by atoms with Crippen LogP contribution in [0.15, 0.2) is 23.1 Å². The lowest BCUT2D eigenvalue weighted by Crippen LogP contribution is -2.32. The number of aromatic carboxylic acids is 1. The monoisotopic (exact) mass is 297 g/mol. The van der Waals surface area contributed by atoms with Crippen molar-refractivity contribution >= 4 is 16.0 Å². The molecule has 0 atom stereocenters. The van der Waals surface area contributed by atoms with E-state index in [1.54, 1.807) is 6.07 Å². The maximum Gasteiger partial charge on any atom is 0.335 e. The van der Waals surface area contributed by atoms with E-state index in [0.29, 0.717) is 24.4 Å². The Morgan fingerprint density at radius 3 is 2.60 bits per heavy atom. The van der Waals surface area contributed by atoms with Gasteiger partial charge in [-0.1, -0.05) is 19.4 Å². The molecule has 0 unspecified atom stereocenters. The van der Waals surface area contributed by atoms with Gasteiger partial charge in [0.2, 0.25) is 10.0 Å². The summed E-state index contributed by atoms with van der Waals surface area (Å²) in [4.78, 5) is 11.1. The number of rotatable bonds is 6. The molecule has 0 heterocycles. The summed E-state index contributed by atoms with van der Waals surface area (Å²) in [6.07, 6.45) is 3.80. The number of hydrogen-bond donors (Lipinski definition) is 2. The number of aryl methyl sites for hydroxylation is 1. The van der Waals surface area contributed by atoms with E-state index < -0.39 is 16.0 Å². The zero-order valence-electron chi connectivity index (χ0n) is 11.4. The molecule has 0 bridgehead atoms. The largest absolute Gasteiger partial charge is 0.478 e. The van der Waals surface area contributed by atoms with Gasteiger partial charge < -0.3 is 5.11 Å². The number of nitrogens with one attached hydrogen (secondary N) is 1. The van der Waals surface area contributed by atoms with Crippen molar-refractivity contribution in [1.82, 2.24) is 4.72 Å². The number of carbonyl (C=O) groups is 1. The van der Waals surface area contributed by atoms with Gasteiger partial charge in [-0.15, -0.1) is 0 Å². The first-order valence-electron chi connectivity index (χ1n) is 6.80. The number of benzene rings is 1. The Balaban J connectivity index is 2.27. The first-order chi connectivity index (χ1) is 9.44. The first-order valence-corrected chi connectivity index (χ1v) is 8.28. The van der Waals surface area contributed by atoms with Crippen LogP contribution in [0.5, 0.6) is 0 Å². The molecule has 6 heteroatoms. The second-order valence-electron chi connectivity index (χ2n) is 5.13. The lowest BCUT2D eigenvalue weighted by molar-refractivity contribution is 0.0696. The highest BCUT2D eigenvalue weighted by molar-refractivity contribution is 7.89. The van der Waals surface area contributed by atoms with E-state index in [4.69, 9.17) is 5.11 Å². The van der Waals surface area contributed by atoms with Crippen molar-refractivity contribution in [2.24, 2.45) is 5.92 Å². The Kier molecular flexibility index (Phi) is 4.45. The molecule has 0 radical (unpaired) electrons. The van der Waals surface area contributed by atoms with Crippen LogP contribution in [0.25, 0.3) is 0 Å². The minimum atomic E-state index is -3.64. The molecule has 2 rings (SSSR count). The van der Waals surface area contributed by atoms with Crippen LogP contribution in [0.3, 0.4) is 0 Å². The molecule has 0 aliphatic heterocycles. The molecular weight excluding hydrogens is 278 g/mol. The van der Waals surface area contributed by atoms with Gasteiger partial charge >= 0.3 is 5.97 Å². The number of hydrogen-bond acceptors (Lipinski definition) is 3. The minimum Gasteiger partial charge on any atom is -0.478 e. The van der Waals surface area contributed by atoms with Crippen LogP contribution in [0, 0.1) is 5.92 Å². The van der Waals surface area contributed by atoms with Crippen molar-refractivity contribution in [2.45, 2.75) is 37.5 Å². The van der Waals surface area contributed by atoms with Gasteiger partial charge in [-0.05, 0) is 42.9 Å². The van der Waals surface area contributed by atoms with Gasteiger partial charge in [-0.25, -0.2) is 17.9 Å². The highest BCUT2D eigenvalue weighted by Crippen LogP contribution is 2.26. The third kappa shape index (κ3) is 3.19. The predicted octanol–water partition coefficient (Wildman–Crippen LogP) is 2.03. The molecule has 20 heavy (non-hydrogen) atoms. The molecule has 1 aromatic carbocycles. The summed E-state index contributed by atoms with van der Waals surface area (Å²) >= 11 is 0. The lowest BCUT2D eigenvalue weighted by Gasteiger charge is -2.25. The second kappa shape index (κ2) is 5.93. The fourth-order valence-electron chi connectivity index (χ4n) is 2.23. The van der Waals surface area contributed by atoms with Crippen molar-refractivity contribution in [3.05, 3.63) is 29.3 Å². The molecular formula is C14H19NO4S. The van der Waals surface area contributed by atoms with E-state index in [2.05, 4.69) is 4.72 Å². The average Bonchev–Trinajstić information content (AvgIpc) is 2.35. The standard InChI is InChI=1S/C14H19NO4S/c1-2-11-6-7-12(14(16)17)8-13(11)20(18,19)15-9-10-4-3-5-10/h6-8,10,15H,2-5,9H2,1H3,(H,16,17). The van der Waals surface area contributed by atoms with Crippen molar-refractivity contribution in [2.75, 3.05) is 6.54 Å². The third-order valence-corrected chi connectivity index (χ3v) is 5.28. The van der Waals surface area contributed by atoms with Crippen molar-refractivity contribution in [3.8, 4) is 0 Å². The quantitative estimate of drug-likeness (QED) is 0.841. The summed E-state index contributed by atoms with van der Waals surface area (Å²) in [6, 6.07) is 4.25. The summed E-state index contributed by atoms with van der Waals surface area (Å²) in [6.45, 7) is 2.28. The Morgan fingerprint density at radius 1 is 1.40 bits per heavy atom. The molecule has 1 saturated carbocycles. The van der Waals surface area contributed by atoms with Crippen molar-refractivity contribution < 1.29 is 18.3 Å². The van der Waals surface area contributed by atoms with Gasteiger partial charge in [-0.3, -0.25) is 0 Å². The molecule has 5 nitrogen and oxygen atoms in total. The molecule has 1 aliphatic carbocycles. The fraction of sp³-hybridized carbons (Fsp3) is 0.500. The summed E-state index contributed by atoms with van der Waals surface area (Å²) in [5.41, 5.74) is 0.627. The van der Waals surface area contributed by atoms with Crippen molar-refractivity contribution in [1.29, 1.82) is 0 Å². The Hall–Kier alpha value is -1.40. The van der Waals surface area contributed by atoms with Crippen LogP contribution in [0.1, 0.15) is 42.1 Å². The molecule has 1 fully saturated rings. The summed E-state index contributed by atoms with van der Waals surface area (Å²) in [7, 11) is -3.64. The van der Waals surface area contributed by atoms with Crippen LogP contribution in [0.4, 0.5) is 0 Å². The second-order valence-corrected chi connectivity index (χ2v) is 6.87. The van der Waals surface area contributed by atoms with Crippen molar-refractivity contribution in [3.63, 3.8) is 0 Å².